The van der Waals surface area contributed by atoms with Crippen molar-refractivity contribution in [3.63, 3.8) is 0 Å². The number of halogens is 1. The van der Waals surface area contributed by atoms with Crippen LogP contribution in [0.5, 0.6) is 0 Å². The molecule has 0 radical (unpaired) electrons. The molecule has 2 nitrogen and oxygen atoms in total. The van der Waals surface area contributed by atoms with Crippen LogP contribution in [0.4, 0.5) is 0 Å². The first-order valence-electron chi connectivity index (χ1n) is 6.71. The molecule has 0 unspecified atom stereocenters. The van der Waals surface area contributed by atoms with E-state index < -0.39 is 0 Å². The molecule has 1 aliphatic carbocycles. The van der Waals surface area contributed by atoms with Crippen molar-refractivity contribution in [3.8, 4) is 0 Å². The number of para-hydroxylation sites is 1. The van der Waals surface area contributed by atoms with E-state index in [-0.39, 0.29) is 0 Å². The van der Waals surface area contributed by atoms with Crippen molar-refractivity contribution in [2.24, 2.45) is 7.05 Å². The van der Waals surface area contributed by atoms with Gasteiger partial charge in [0.2, 0.25) is 0 Å². The lowest BCUT2D eigenvalue weighted by molar-refractivity contribution is 0.525. The SMILES string of the molecule is Cn1cc(CNC2CCCC2)c2cccc(Br)c21. The van der Waals surface area contributed by atoms with E-state index in [1.165, 1.54) is 46.6 Å². The first kappa shape index (κ1) is 12.2. The molecule has 0 aliphatic heterocycles. The Morgan fingerprint density at radius 2 is 2.11 bits per heavy atom. The number of aryl methyl sites for hydroxylation is 1. The molecule has 1 N–H and O–H groups in total. The van der Waals surface area contributed by atoms with Gasteiger partial charge in [-0.1, -0.05) is 25.0 Å². The van der Waals surface area contributed by atoms with Gasteiger partial charge in [-0.2, -0.15) is 0 Å². The summed E-state index contributed by atoms with van der Waals surface area (Å²) in [5, 5.41) is 5.05. The molecule has 2 aromatic rings. The maximum atomic E-state index is 3.69. The van der Waals surface area contributed by atoms with Crippen LogP contribution in [-0.2, 0) is 13.6 Å². The molecule has 3 rings (SSSR count). The van der Waals surface area contributed by atoms with Gasteiger partial charge in [0, 0.05) is 35.7 Å². The van der Waals surface area contributed by atoms with Crippen LogP contribution in [0, 0.1) is 0 Å². The molecule has 0 saturated heterocycles. The summed E-state index contributed by atoms with van der Waals surface area (Å²) in [7, 11) is 2.12. The van der Waals surface area contributed by atoms with Gasteiger partial charge >= 0.3 is 0 Å². The second-order valence-corrected chi connectivity index (χ2v) is 6.12. The fraction of sp³-hybridized carbons (Fsp3) is 0.467. The predicted octanol–water partition coefficient (Wildman–Crippen LogP) is 3.97. The molecule has 0 bridgehead atoms. The summed E-state index contributed by atoms with van der Waals surface area (Å²) >= 11 is 3.64. The van der Waals surface area contributed by atoms with Crippen LogP contribution in [-0.4, -0.2) is 10.6 Å². The van der Waals surface area contributed by atoms with Crippen LogP contribution in [0.25, 0.3) is 10.9 Å². The van der Waals surface area contributed by atoms with Crippen molar-refractivity contribution >= 4 is 26.8 Å². The molecule has 1 heterocycles. The van der Waals surface area contributed by atoms with Gasteiger partial charge in [0.05, 0.1) is 5.52 Å². The highest BCUT2D eigenvalue weighted by Crippen LogP contribution is 2.28. The fourth-order valence-electron chi connectivity index (χ4n) is 3.03. The Labute approximate surface area is 116 Å². The molecule has 0 atom stereocenters. The Balaban J connectivity index is 1.85. The van der Waals surface area contributed by atoms with Crippen LogP contribution in [0.3, 0.4) is 0 Å². The van der Waals surface area contributed by atoms with Crippen molar-refractivity contribution in [1.29, 1.82) is 0 Å². The van der Waals surface area contributed by atoms with E-state index >= 15 is 0 Å². The predicted molar refractivity (Wildman–Crippen MR) is 79.7 cm³/mol. The normalized spacial score (nSPS) is 16.8. The zero-order valence-electron chi connectivity index (χ0n) is 10.7. The number of hydrogen-bond donors (Lipinski definition) is 1. The standard InChI is InChI=1S/C15H19BrN2/c1-18-10-11(9-17-12-5-2-3-6-12)13-7-4-8-14(16)15(13)18/h4,7-8,10,12,17H,2-3,5-6,9H2,1H3. The average molecular weight is 307 g/mol. The number of nitrogens with zero attached hydrogens (tertiary/aromatic N) is 1. The van der Waals surface area contributed by atoms with Crippen molar-refractivity contribution in [1.82, 2.24) is 9.88 Å². The molecule has 1 saturated carbocycles. The number of fused-ring (bicyclic) bond motifs is 1. The monoisotopic (exact) mass is 306 g/mol. The molecule has 3 heteroatoms. The minimum atomic E-state index is 0.729. The Hall–Kier alpha value is -0.800. The van der Waals surface area contributed by atoms with Crippen LogP contribution >= 0.6 is 15.9 Å². The highest BCUT2D eigenvalue weighted by molar-refractivity contribution is 9.10. The molecule has 18 heavy (non-hydrogen) atoms. The molecule has 1 aromatic carbocycles. The van der Waals surface area contributed by atoms with E-state index in [1.807, 2.05) is 0 Å². The number of rotatable bonds is 3. The number of nitrogens with one attached hydrogen (secondary N) is 1. The molecular weight excluding hydrogens is 288 g/mol. The van der Waals surface area contributed by atoms with Crippen molar-refractivity contribution in [2.45, 2.75) is 38.3 Å². The second kappa shape index (κ2) is 5.06. The lowest BCUT2D eigenvalue weighted by Gasteiger charge is -2.10. The van der Waals surface area contributed by atoms with E-state index in [9.17, 15) is 0 Å². The summed E-state index contributed by atoms with van der Waals surface area (Å²) in [6.45, 7) is 0.985. The number of hydrogen-bond acceptors (Lipinski definition) is 1. The Morgan fingerprint density at radius 1 is 1.33 bits per heavy atom. The first-order chi connectivity index (χ1) is 8.75. The fourth-order valence-corrected chi connectivity index (χ4v) is 3.67. The summed E-state index contributed by atoms with van der Waals surface area (Å²) in [5.74, 6) is 0. The van der Waals surface area contributed by atoms with Gasteiger partial charge in [0.15, 0.2) is 0 Å². The topological polar surface area (TPSA) is 17.0 Å². The van der Waals surface area contributed by atoms with E-state index in [1.54, 1.807) is 0 Å². The quantitative estimate of drug-likeness (QED) is 0.908. The van der Waals surface area contributed by atoms with Crippen LogP contribution in [0.1, 0.15) is 31.2 Å². The molecule has 1 aromatic heterocycles. The zero-order valence-corrected chi connectivity index (χ0v) is 12.3. The third-order valence-electron chi connectivity index (χ3n) is 3.97. The Kier molecular flexibility index (Phi) is 3.44. The summed E-state index contributed by atoms with van der Waals surface area (Å²) in [5.41, 5.74) is 2.70. The highest BCUT2D eigenvalue weighted by Gasteiger charge is 2.15. The third-order valence-corrected chi connectivity index (χ3v) is 4.61. The van der Waals surface area contributed by atoms with Crippen molar-refractivity contribution in [2.75, 3.05) is 0 Å². The minimum Gasteiger partial charge on any atom is -0.349 e. The third kappa shape index (κ3) is 2.21. The van der Waals surface area contributed by atoms with E-state index in [4.69, 9.17) is 0 Å². The maximum Gasteiger partial charge on any atom is 0.0625 e. The van der Waals surface area contributed by atoms with Crippen molar-refractivity contribution in [3.05, 3.63) is 34.4 Å². The van der Waals surface area contributed by atoms with Gasteiger partial charge in [-0.05, 0) is 40.4 Å². The van der Waals surface area contributed by atoms with Crippen LogP contribution < -0.4 is 5.32 Å². The summed E-state index contributed by atoms with van der Waals surface area (Å²) in [6.07, 6.45) is 7.71. The highest BCUT2D eigenvalue weighted by atomic mass is 79.9. The van der Waals surface area contributed by atoms with E-state index in [2.05, 4.69) is 57.3 Å². The minimum absolute atomic E-state index is 0.729. The van der Waals surface area contributed by atoms with Gasteiger partial charge in [-0.3, -0.25) is 0 Å². The second-order valence-electron chi connectivity index (χ2n) is 5.26. The number of aromatic nitrogens is 1. The van der Waals surface area contributed by atoms with Gasteiger partial charge in [0.25, 0.3) is 0 Å². The molecule has 0 spiro atoms. The van der Waals surface area contributed by atoms with E-state index in [0.29, 0.717) is 0 Å². The molecule has 96 valence electrons. The molecule has 1 fully saturated rings. The van der Waals surface area contributed by atoms with Gasteiger partial charge in [-0.25, -0.2) is 0 Å². The van der Waals surface area contributed by atoms with Gasteiger partial charge in [-0.15, -0.1) is 0 Å². The maximum absolute atomic E-state index is 3.69. The lowest BCUT2D eigenvalue weighted by Crippen LogP contribution is -2.25. The number of benzene rings is 1. The Morgan fingerprint density at radius 3 is 2.89 bits per heavy atom. The zero-order chi connectivity index (χ0) is 12.5. The summed E-state index contributed by atoms with van der Waals surface area (Å²) in [6, 6.07) is 7.17. The van der Waals surface area contributed by atoms with Crippen molar-refractivity contribution < 1.29 is 0 Å². The smallest absolute Gasteiger partial charge is 0.0625 e. The molecular formula is C15H19BrN2. The first-order valence-corrected chi connectivity index (χ1v) is 7.51. The van der Waals surface area contributed by atoms with Crippen LogP contribution in [0.15, 0.2) is 28.9 Å². The van der Waals surface area contributed by atoms with Gasteiger partial charge in [0.1, 0.15) is 0 Å². The molecule has 1 aliphatic rings. The van der Waals surface area contributed by atoms with Gasteiger partial charge < -0.3 is 9.88 Å². The molecule has 0 amide bonds. The largest absolute Gasteiger partial charge is 0.349 e. The Bertz CT molecular complexity index is 553. The lowest BCUT2D eigenvalue weighted by atomic mass is 10.1. The van der Waals surface area contributed by atoms with Crippen LogP contribution in [0.2, 0.25) is 0 Å². The summed E-state index contributed by atoms with van der Waals surface area (Å²) < 4.78 is 3.39. The van der Waals surface area contributed by atoms with E-state index in [0.717, 1.165) is 12.6 Å². The summed E-state index contributed by atoms with van der Waals surface area (Å²) in [4.78, 5) is 0. The average Bonchev–Trinajstić information content (AvgIpc) is 2.96.